The Morgan fingerprint density at radius 1 is 0.559 bits per heavy atom. The number of rotatable bonds is 7. The number of hydrogen-bond acceptors (Lipinski definition) is 7. The summed E-state index contributed by atoms with van der Waals surface area (Å²) in [6.07, 6.45) is -33.6. The monoisotopic (exact) mass is 519 g/mol. The van der Waals surface area contributed by atoms with E-state index in [9.17, 15) is 52.7 Å². The van der Waals surface area contributed by atoms with Gasteiger partial charge in [-0.25, -0.2) is 0 Å². The predicted octanol–water partition coefficient (Wildman–Crippen LogP) is 5.05. The summed E-state index contributed by atoms with van der Waals surface area (Å²) in [6.45, 7) is 0. The lowest BCUT2D eigenvalue weighted by molar-refractivity contribution is -0.302. The van der Waals surface area contributed by atoms with E-state index in [-0.39, 0.29) is 5.69 Å². The van der Waals surface area contributed by atoms with E-state index in [1.807, 2.05) is 5.43 Å². The van der Waals surface area contributed by atoms with Crippen LogP contribution in [0, 0.1) is 0 Å². The Hall–Kier alpha value is -3.41. The third-order valence-corrected chi connectivity index (χ3v) is 3.32. The van der Waals surface area contributed by atoms with Crippen molar-refractivity contribution in [1.29, 1.82) is 0 Å². The van der Waals surface area contributed by atoms with Crippen molar-refractivity contribution >= 4 is 11.6 Å². The van der Waals surface area contributed by atoms with Crippen LogP contribution in [0.1, 0.15) is 0 Å². The van der Waals surface area contributed by atoms with Gasteiger partial charge in [-0.15, -0.1) is 4.98 Å². The molecule has 2 N–H and O–H groups in total. The SMILES string of the molecule is FC(F)(F)C(Oc1nc(NNc2ccccc2)nc(OC(C(F)(F)F)C(F)(F)F)n1)C(F)(F)F. The van der Waals surface area contributed by atoms with Crippen LogP contribution in [0.3, 0.4) is 0 Å². The molecule has 1 aromatic heterocycles. The fourth-order valence-electron chi connectivity index (χ4n) is 2.00. The highest BCUT2D eigenvalue weighted by atomic mass is 19.4. The van der Waals surface area contributed by atoms with Crippen molar-refractivity contribution in [2.75, 3.05) is 10.9 Å². The smallest absolute Gasteiger partial charge is 0.434 e. The molecular weight excluding hydrogens is 510 g/mol. The van der Waals surface area contributed by atoms with Gasteiger partial charge in [-0.05, 0) is 12.1 Å². The maximum absolute atomic E-state index is 12.7. The van der Waals surface area contributed by atoms with Crippen LogP contribution in [0.5, 0.6) is 12.0 Å². The Morgan fingerprint density at radius 2 is 0.941 bits per heavy atom. The molecule has 19 heteroatoms. The summed E-state index contributed by atoms with van der Waals surface area (Å²) in [4.78, 5) is 8.56. The standard InChI is InChI=1S/C15H9F12N5O2/c16-12(17,18)7(13(19,20)21)33-10-28-9(32-31-6-4-2-1-3-5-6)29-11(30-10)34-8(14(22,23)24)15(25,26)27/h1-5,7-8,31H,(H,28,29,30,32). The summed E-state index contributed by atoms with van der Waals surface area (Å²) in [5.74, 6) is -1.14. The Balaban J connectivity index is 2.45. The molecule has 0 amide bonds. The third-order valence-electron chi connectivity index (χ3n) is 3.32. The average molecular weight is 519 g/mol. The minimum absolute atomic E-state index is 0.166. The zero-order valence-electron chi connectivity index (χ0n) is 15.7. The number of benzene rings is 1. The van der Waals surface area contributed by atoms with Crippen LogP contribution in [-0.4, -0.2) is 51.9 Å². The first kappa shape index (κ1) is 26.8. The largest absolute Gasteiger partial charge is 0.440 e. The fraction of sp³-hybridized carbons (Fsp3) is 0.400. The molecule has 1 aromatic carbocycles. The molecule has 0 saturated carbocycles. The second kappa shape index (κ2) is 9.45. The summed E-state index contributed by atoms with van der Waals surface area (Å²) < 4.78 is 160. The van der Waals surface area contributed by atoms with E-state index < -0.39 is 54.9 Å². The van der Waals surface area contributed by atoms with Crippen molar-refractivity contribution in [1.82, 2.24) is 15.0 Å². The summed E-state index contributed by atoms with van der Waals surface area (Å²) in [5, 5.41) is 0. The van der Waals surface area contributed by atoms with Gasteiger partial charge in [0.2, 0.25) is 0 Å². The highest BCUT2D eigenvalue weighted by molar-refractivity contribution is 5.47. The van der Waals surface area contributed by atoms with Crippen molar-refractivity contribution in [3.63, 3.8) is 0 Å². The number of alkyl halides is 12. The number of nitrogens with zero attached hydrogens (tertiary/aromatic N) is 3. The molecular formula is C15H9F12N5O2. The lowest BCUT2D eigenvalue weighted by atomic mass is 10.3. The van der Waals surface area contributed by atoms with Gasteiger partial charge in [0.1, 0.15) is 0 Å². The first-order chi connectivity index (χ1) is 15.4. The summed E-state index contributed by atoms with van der Waals surface area (Å²) >= 11 is 0. The Bertz CT molecular complexity index is 866. The van der Waals surface area contributed by atoms with Crippen LogP contribution in [0.15, 0.2) is 30.3 Å². The first-order valence-corrected chi connectivity index (χ1v) is 8.30. The normalized spacial score (nSPS) is 13.2. The summed E-state index contributed by atoms with van der Waals surface area (Å²) in [5.41, 5.74) is 4.35. The van der Waals surface area contributed by atoms with Crippen molar-refractivity contribution in [3.05, 3.63) is 30.3 Å². The minimum Gasteiger partial charge on any atom is -0.440 e. The molecule has 34 heavy (non-hydrogen) atoms. The van der Waals surface area contributed by atoms with Crippen LogP contribution in [0.25, 0.3) is 0 Å². The molecule has 0 aliphatic heterocycles. The maximum atomic E-state index is 12.7. The molecule has 2 rings (SSSR count). The van der Waals surface area contributed by atoms with Crippen molar-refractivity contribution in [2.24, 2.45) is 0 Å². The number of para-hydroxylation sites is 1. The number of hydrazine groups is 1. The Labute approximate surface area is 180 Å². The van der Waals surface area contributed by atoms with Crippen LogP contribution < -0.4 is 20.3 Å². The van der Waals surface area contributed by atoms with Crippen LogP contribution in [0.2, 0.25) is 0 Å². The highest BCUT2D eigenvalue weighted by Crippen LogP contribution is 2.38. The highest BCUT2D eigenvalue weighted by Gasteiger charge is 2.61. The van der Waals surface area contributed by atoms with Gasteiger partial charge in [0, 0.05) is 0 Å². The quantitative estimate of drug-likeness (QED) is 0.392. The third kappa shape index (κ3) is 7.58. The van der Waals surface area contributed by atoms with E-state index in [1.54, 1.807) is 0 Å². The molecule has 0 saturated heterocycles. The van der Waals surface area contributed by atoms with Gasteiger partial charge in [0.25, 0.3) is 18.2 Å². The number of nitrogens with one attached hydrogen (secondary N) is 2. The summed E-state index contributed by atoms with van der Waals surface area (Å²) in [7, 11) is 0. The van der Waals surface area contributed by atoms with Crippen LogP contribution in [-0.2, 0) is 0 Å². The Morgan fingerprint density at radius 3 is 1.29 bits per heavy atom. The molecule has 0 aliphatic carbocycles. The molecule has 0 aliphatic rings. The van der Waals surface area contributed by atoms with Gasteiger partial charge in [0.05, 0.1) is 5.69 Å². The molecule has 7 nitrogen and oxygen atoms in total. The second-order valence-corrected chi connectivity index (χ2v) is 6.00. The first-order valence-electron chi connectivity index (χ1n) is 8.30. The number of halogens is 12. The van der Waals surface area contributed by atoms with Gasteiger partial charge in [-0.1, -0.05) is 18.2 Å². The minimum atomic E-state index is -6.11. The average Bonchev–Trinajstić information content (AvgIpc) is 2.66. The lowest BCUT2D eigenvalue weighted by Crippen LogP contribution is -2.47. The molecule has 0 fully saturated rings. The number of ether oxygens (including phenoxy) is 2. The molecule has 0 spiro atoms. The molecule has 1 heterocycles. The van der Waals surface area contributed by atoms with Gasteiger partial charge in [-0.2, -0.15) is 62.7 Å². The van der Waals surface area contributed by atoms with Gasteiger partial charge >= 0.3 is 36.7 Å². The number of anilines is 2. The zero-order chi connectivity index (χ0) is 25.9. The van der Waals surface area contributed by atoms with Crippen molar-refractivity contribution in [3.8, 4) is 12.0 Å². The molecule has 0 radical (unpaired) electrons. The summed E-state index contributed by atoms with van der Waals surface area (Å²) in [6, 6.07) is 3.28. The van der Waals surface area contributed by atoms with Crippen molar-refractivity contribution < 1.29 is 62.2 Å². The molecule has 0 atom stereocenters. The molecule has 2 aromatic rings. The van der Waals surface area contributed by atoms with E-state index >= 15 is 0 Å². The topological polar surface area (TPSA) is 81.2 Å². The van der Waals surface area contributed by atoms with Crippen molar-refractivity contribution in [2.45, 2.75) is 36.9 Å². The van der Waals surface area contributed by atoms with Gasteiger partial charge < -0.3 is 9.47 Å². The predicted molar refractivity (Wildman–Crippen MR) is 86.6 cm³/mol. The van der Waals surface area contributed by atoms with Gasteiger partial charge in [-0.3, -0.25) is 10.9 Å². The molecule has 190 valence electrons. The Kier molecular flexibility index (Phi) is 7.46. The van der Waals surface area contributed by atoms with Gasteiger partial charge in [0.15, 0.2) is 0 Å². The van der Waals surface area contributed by atoms with E-state index in [2.05, 4.69) is 29.9 Å². The molecule has 0 unspecified atom stereocenters. The zero-order valence-corrected chi connectivity index (χ0v) is 15.7. The van der Waals surface area contributed by atoms with E-state index in [1.165, 1.54) is 30.3 Å². The lowest BCUT2D eigenvalue weighted by Gasteiger charge is -2.24. The van der Waals surface area contributed by atoms with Crippen LogP contribution >= 0.6 is 0 Å². The number of aromatic nitrogens is 3. The van der Waals surface area contributed by atoms with E-state index in [4.69, 9.17) is 0 Å². The van der Waals surface area contributed by atoms with Crippen LogP contribution in [0.4, 0.5) is 64.3 Å². The second-order valence-electron chi connectivity index (χ2n) is 6.00. The van der Waals surface area contributed by atoms with E-state index in [0.29, 0.717) is 0 Å². The fourth-order valence-corrected chi connectivity index (χ4v) is 2.00. The van der Waals surface area contributed by atoms with E-state index in [0.717, 1.165) is 0 Å². The number of hydrogen-bond donors (Lipinski definition) is 2. The maximum Gasteiger partial charge on any atom is 0.434 e. The molecule has 0 bridgehead atoms.